The predicted molar refractivity (Wildman–Crippen MR) is 96.6 cm³/mol. The molecule has 0 aliphatic carbocycles. The van der Waals surface area contributed by atoms with Crippen LogP contribution in [0.4, 0.5) is 0 Å². The van der Waals surface area contributed by atoms with E-state index in [0.29, 0.717) is 23.4 Å². The summed E-state index contributed by atoms with van der Waals surface area (Å²) < 4.78 is 1.64. The molecule has 0 saturated heterocycles. The largest absolute Gasteiger partial charge is 0.348 e. The van der Waals surface area contributed by atoms with Crippen LogP contribution in [-0.4, -0.2) is 19.5 Å². The normalized spacial score (nSPS) is 11.2. The van der Waals surface area contributed by atoms with Crippen LogP contribution in [0, 0.1) is 0 Å². The number of nitrogens with zero attached hydrogens (tertiary/aromatic N) is 3. The van der Waals surface area contributed by atoms with Gasteiger partial charge < -0.3 is 4.98 Å². The quantitative estimate of drug-likeness (QED) is 0.605. The molecule has 0 aliphatic heterocycles. The maximum Gasteiger partial charge on any atom is 0.262 e. The number of thiophene rings is 1. The molecule has 7 heteroatoms. The van der Waals surface area contributed by atoms with Gasteiger partial charge in [0.25, 0.3) is 5.56 Å². The average Bonchev–Trinajstić information content (AvgIpc) is 3.24. The summed E-state index contributed by atoms with van der Waals surface area (Å²) in [6, 6.07) is 7.54. The first-order valence-electron chi connectivity index (χ1n) is 7.43. The Morgan fingerprint density at radius 1 is 1.25 bits per heavy atom. The third-order valence-corrected chi connectivity index (χ3v) is 5.12. The van der Waals surface area contributed by atoms with E-state index >= 15 is 0 Å². The first kappa shape index (κ1) is 15.1. The van der Waals surface area contributed by atoms with Crippen LogP contribution < -0.4 is 5.56 Å². The zero-order valence-electron chi connectivity index (χ0n) is 12.6. The molecule has 0 unspecified atom stereocenters. The molecule has 5 nitrogen and oxygen atoms in total. The van der Waals surface area contributed by atoms with Crippen LogP contribution in [0.25, 0.3) is 21.3 Å². The first-order chi connectivity index (χ1) is 11.7. The molecule has 0 amide bonds. The number of aryl methyl sites for hydroxylation is 2. The van der Waals surface area contributed by atoms with Gasteiger partial charge in [0.2, 0.25) is 0 Å². The van der Waals surface area contributed by atoms with Crippen LogP contribution in [0.1, 0.15) is 5.69 Å². The number of fused-ring (bicyclic) bond motifs is 1. The summed E-state index contributed by atoms with van der Waals surface area (Å²) in [6.45, 7) is 0.543. The van der Waals surface area contributed by atoms with Gasteiger partial charge in [-0.2, -0.15) is 0 Å². The van der Waals surface area contributed by atoms with Gasteiger partial charge in [0.15, 0.2) is 0 Å². The van der Waals surface area contributed by atoms with Crippen molar-refractivity contribution >= 4 is 33.2 Å². The molecule has 0 saturated carbocycles. The number of H-pyrrole nitrogens is 1. The monoisotopic (exact) mass is 356 g/mol. The Balaban J connectivity index is 1.79. The Labute approximate surface area is 146 Å². The van der Waals surface area contributed by atoms with Crippen molar-refractivity contribution in [2.24, 2.45) is 0 Å². The highest BCUT2D eigenvalue weighted by molar-refractivity contribution is 7.17. The molecule has 0 bridgehead atoms. The van der Waals surface area contributed by atoms with Crippen LogP contribution in [0.15, 0.2) is 53.3 Å². The van der Waals surface area contributed by atoms with E-state index in [1.54, 1.807) is 23.4 Å². The lowest BCUT2D eigenvalue weighted by Gasteiger charge is -2.06. The number of rotatable bonds is 4. The number of nitrogens with one attached hydrogen (secondary N) is 1. The Morgan fingerprint density at radius 3 is 2.92 bits per heavy atom. The summed E-state index contributed by atoms with van der Waals surface area (Å²) in [5, 5.41) is 3.20. The van der Waals surface area contributed by atoms with E-state index in [1.807, 2.05) is 29.6 Å². The van der Waals surface area contributed by atoms with E-state index in [9.17, 15) is 4.79 Å². The molecule has 0 fully saturated rings. The fourth-order valence-electron chi connectivity index (χ4n) is 2.67. The lowest BCUT2D eigenvalue weighted by atomic mass is 10.1. The maximum absolute atomic E-state index is 12.9. The minimum absolute atomic E-state index is 0.0457. The number of halogens is 1. The van der Waals surface area contributed by atoms with Crippen molar-refractivity contribution in [1.82, 2.24) is 19.5 Å². The number of aromatic amines is 1. The summed E-state index contributed by atoms with van der Waals surface area (Å²) >= 11 is 7.76. The zero-order chi connectivity index (χ0) is 16.5. The Bertz CT molecular complexity index is 1050. The van der Waals surface area contributed by atoms with Crippen molar-refractivity contribution in [3.8, 4) is 11.1 Å². The second kappa shape index (κ2) is 6.22. The molecule has 0 radical (unpaired) electrons. The van der Waals surface area contributed by atoms with Crippen molar-refractivity contribution in [3.63, 3.8) is 0 Å². The van der Waals surface area contributed by atoms with Gasteiger partial charge in [-0.3, -0.25) is 9.36 Å². The minimum Gasteiger partial charge on any atom is -0.348 e. The molecular formula is C17H13ClN4OS. The molecule has 1 N–H and O–H groups in total. The lowest BCUT2D eigenvalue weighted by Crippen LogP contribution is -2.21. The second-order valence-corrected chi connectivity index (χ2v) is 6.64. The standard InChI is InChI=1S/C17H13ClN4OS/c18-14-4-2-1-3-12(14)13-8-24-16-15(13)17(23)22(10-21-16)6-5-11-7-19-9-20-11/h1-4,7-10H,5-6H2,(H,19,20). The maximum atomic E-state index is 12.9. The van der Waals surface area contributed by atoms with Crippen molar-refractivity contribution < 1.29 is 0 Å². The number of imidazole rings is 1. The predicted octanol–water partition coefficient (Wildman–Crippen LogP) is 3.74. The Kier molecular flexibility index (Phi) is 3.92. The van der Waals surface area contributed by atoms with Crippen LogP contribution in [0.5, 0.6) is 0 Å². The third-order valence-electron chi connectivity index (χ3n) is 3.90. The van der Waals surface area contributed by atoms with Gasteiger partial charge in [0, 0.05) is 46.4 Å². The van der Waals surface area contributed by atoms with Crippen LogP contribution in [0.2, 0.25) is 5.02 Å². The van der Waals surface area contributed by atoms with E-state index in [1.165, 1.54) is 11.3 Å². The van der Waals surface area contributed by atoms with Gasteiger partial charge >= 0.3 is 0 Å². The SMILES string of the molecule is O=c1c2c(-c3ccccc3Cl)csc2ncn1CCc1cnc[nH]1. The van der Waals surface area contributed by atoms with E-state index < -0.39 is 0 Å². The Hall–Kier alpha value is -2.44. The molecule has 4 rings (SSSR count). The van der Waals surface area contributed by atoms with Gasteiger partial charge in [-0.25, -0.2) is 9.97 Å². The smallest absolute Gasteiger partial charge is 0.262 e. The van der Waals surface area contributed by atoms with Crippen molar-refractivity contribution in [2.75, 3.05) is 0 Å². The highest BCUT2D eigenvalue weighted by atomic mass is 35.5. The topological polar surface area (TPSA) is 63.6 Å². The summed E-state index contributed by atoms with van der Waals surface area (Å²) in [7, 11) is 0. The van der Waals surface area contributed by atoms with E-state index in [-0.39, 0.29) is 5.56 Å². The van der Waals surface area contributed by atoms with Gasteiger partial charge in [0.05, 0.1) is 18.0 Å². The molecular weight excluding hydrogens is 344 g/mol. The molecule has 1 aromatic carbocycles. The molecule has 120 valence electrons. The van der Waals surface area contributed by atoms with E-state index in [4.69, 9.17) is 11.6 Å². The second-order valence-electron chi connectivity index (χ2n) is 5.38. The molecule has 3 aromatic heterocycles. The highest BCUT2D eigenvalue weighted by Gasteiger charge is 2.15. The third kappa shape index (κ3) is 2.64. The molecule has 0 spiro atoms. The molecule has 3 heterocycles. The summed E-state index contributed by atoms with van der Waals surface area (Å²) in [4.78, 5) is 25.1. The van der Waals surface area contributed by atoms with Crippen molar-refractivity contribution in [3.05, 3.63) is 69.6 Å². The van der Waals surface area contributed by atoms with Crippen molar-refractivity contribution in [2.45, 2.75) is 13.0 Å². The molecule has 4 aromatic rings. The summed E-state index contributed by atoms with van der Waals surface area (Å²) in [5.74, 6) is 0. The van der Waals surface area contributed by atoms with Gasteiger partial charge in [-0.15, -0.1) is 11.3 Å². The molecule has 0 aliphatic rings. The van der Waals surface area contributed by atoms with Gasteiger partial charge in [-0.05, 0) is 6.07 Å². The fourth-order valence-corrected chi connectivity index (χ4v) is 3.80. The number of benzene rings is 1. The first-order valence-corrected chi connectivity index (χ1v) is 8.68. The summed E-state index contributed by atoms with van der Waals surface area (Å²) in [5.41, 5.74) is 2.64. The lowest BCUT2D eigenvalue weighted by molar-refractivity contribution is 0.656. The minimum atomic E-state index is -0.0457. The van der Waals surface area contributed by atoms with Crippen LogP contribution >= 0.6 is 22.9 Å². The van der Waals surface area contributed by atoms with Gasteiger partial charge in [0.1, 0.15) is 4.83 Å². The number of aromatic nitrogens is 4. The number of hydrogen-bond acceptors (Lipinski definition) is 4. The molecule has 24 heavy (non-hydrogen) atoms. The van der Waals surface area contributed by atoms with Crippen LogP contribution in [-0.2, 0) is 13.0 Å². The van der Waals surface area contributed by atoms with Crippen molar-refractivity contribution in [1.29, 1.82) is 0 Å². The molecule has 0 atom stereocenters. The Morgan fingerprint density at radius 2 is 2.12 bits per heavy atom. The average molecular weight is 357 g/mol. The van der Waals surface area contributed by atoms with Gasteiger partial charge in [-0.1, -0.05) is 29.8 Å². The highest BCUT2D eigenvalue weighted by Crippen LogP contribution is 2.34. The zero-order valence-corrected chi connectivity index (χ0v) is 14.1. The fraction of sp³-hybridized carbons (Fsp3) is 0.118. The van der Waals surface area contributed by atoms with E-state index in [2.05, 4.69) is 15.0 Å². The van der Waals surface area contributed by atoms with E-state index in [0.717, 1.165) is 21.7 Å². The van der Waals surface area contributed by atoms with Crippen LogP contribution in [0.3, 0.4) is 0 Å². The number of hydrogen-bond donors (Lipinski definition) is 1. The summed E-state index contributed by atoms with van der Waals surface area (Å²) in [6.07, 6.45) is 5.69.